The standard InChI is InChI=1S/C28H30Cl2FN3O5S/c1-4-32-28(36)19(3)33(17-24-25(29)7-6-8-26(24)30)27(35)18-34(21-11-13-22(14-12-21)39-5-2)40(37,38)23-15-9-20(31)10-16-23/h6-16,19H,4-5,17-18H2,1-3H3,(H,32,36)/t19-/m1/s1. The molecule has 40 heavy (non-hydrogen) atoms. The summed E-state index contributed by atoms with van der Waals surface area (Å²) in [6.45, 7) is 5.01. The predicted molar refractivity (Wildman–Crippen MR) is 154 cm³/mol. The zero-order valence-corrected chi connectivity index (χ0v) is 24.6. The quantitative estimate of drug-likeness (QED) is 0.301. The molecule has 0 spiro atoms. The fraction of sp³-hybridized carbons (Fsp3) is 0.286. The molecule has 3 aromatic carbocycles. The van der Waals surface area contributed by atoms with Gasteiger partial charge in [-0.15, -0.1) is 0 Å². The Hall–Kier alpha value is -3.34. The maximum absolute atomic E-state index is 13.9. The minimum Gasteiger partial charge on any atom is -0.494 e. The van der Waals surface area contributed by atoms with Crippen LogP contribution in [-0.4, -0.2) is 50.9 Å². The van der Waals surface area contributed by atoms with Gasteiger partial charge >= 0.3 is 0 Å². The third-order valence-electron chi connectivity index (χ3n) is 6.02. The molecule has 0 radical (unpaired) electrons. The molecule has 0 saturated carbocycles. The smallest absolute Gasteiger partial charge is 0.264 e. The predicted octanol–water partition coefficient (Wildman–Crippen LogP) is 5.28. The lowest BCUT2D eigenvalue weighted by atomic mass is 10.1. The van der Waals surface area contributed by atoms with Gasteiger partial charge in [-0.2, -0.15) is 0 Å². The number of anilines is 1. The third-order valence-corrected chi connectivity index (χ3v) is 8.52. The maximum Gasteiger partial charge on any atom is 0.264 e. The van der Waals surface area contributed by atoms with Crippen molar-refractivity contribution in [3.8, 4) is 5.75 Å². The number of amides is 2. The van der Waals surface area contributed by atoms with Crippen LogP contribution in [0.25, 0.3) is 0 Å². The molecule has 214 valence electrons. The molecular formula is C28H30Cl2FN3O5S. The van der Waals surface area contributed by atoms with Gasteiger partial charge in [-0.05, 0) is 81.4 Å². The SMILES string of the molecule is CCNC(=O)[C@@H](C)N(Cc1c(Cl)cccc1Cl)C(=O)CN(c1ccc(OCC)cc1)S(=O)(=O)c1ccc(F)cc1. The molecule has 0 aliphatic carbocycles. The molecule has 3 rings (SSSR count). The lowest BCUT2D eigenvalue weighted by Crippen LogP contribution is -2.51. The minimum atomic E-state index is -4.34. The molecular weight excluding hydrogens is 580 g/mol. The summed E-state index contributed by atoms with van der Waals surface area (Å²) in [6.07, 6.45) is 0. The number of hydrogen-bond acceptors (Lipinski definition) is 5. The van der Waals surface area contributed by atoms with Crippen molar-refractivity contribution in [1.82, 2.24) is 10.2 Å². The monoisotopic (exact) mass is 609 g/mol. The van der Waals surface area contributed by atoms with Crippen LogP contribution in [0, 0.1) is 5.82 Å². The number of nitrogens with zero attached hydrogens (tertiary/aromatic N) is 2. The lowest BCUT2D eigenvalue weighted by Gasteiger charge is -2.32. The number of likely N-dealkylation sites (N-methyl/N-ethyl adjacent to an activating group) is 1. The van der Waals surface area contributed by atoms with Crippen LogP contribution in [0.15, 0.2) is 71.6 Å². The van der Waals surface area contributed by atoms with E-state index in [9.17, 15) is 22.4 Å². The van der Waals surface area contributed by atoms with E-state index in [0.717, 1.165) is 28.6 Å². The molecule has 2 amide bonds. The highest BCUT2D eigenvalue weighted by Crippen LogP contribution is 2.29. The average molecular weight is 611 g/mol. The van der Waals surface area contributed by atoms with Gasteiger partial charge in [0.2, 0.25) is 11.8 Å². The highest BCUT2D eigenvalue weighted by Gasteiger charge is 2.33. The normalized spacial score (nSPS) is 11.9. The number of sulfonamides is 1. The molecule has 0 heterocycles. The second-order valence-electron chi connectivity index (χ2n) is 8.68. The summed E-state index contributed by atoms with van der Waals surface area (Å²) in [5, 5.41) is 3.26. The Morgan fingerprint density at radius 1 is 0.975 bits per heavy atom. The van der Waals surface area contributed by atoms with Crippen molar-refractivity contribution in [1.29, 1.82) is 0 Å². The van der Waals surface area contributed by atoms with Crippen LogP contribution < -0.4 is 14.4 Å². The first kappa shape index (κ1) is 31.2. The Morgan fingerprint density at radius 3 is 2.12 bits per heavy atom. The van der Waals surface area contributed by atoms with Gasteiger partial charge in [0.1, 0.15) is 24.2 Å². The summed E-state index contributed by atoms with van der Waals surface area (Å²) in [6, 6.07) is 14.3. The van der Waals surface area contributed by atoms with Crippen molar-refractivity contribution >= 4 is 50.7 Å². The van der Waals surface area contributed by atoms with Crippen LogP contribution in [-0.2, 0) is 26.2 Å². The highest BCUT2D eigenvalue weighted by molar-refractivity contribution is 7.92. The fourth-order valence-corrected chi connectivity index (χ4v) is 5.83. The summed E-state index contributed by atoms with van der Waals surface area (Å²) >= 11 is 12.7. The van der Waals surface area contributed by atoms with E-state index in [-0.39, 0.29) is 27.2 Å². The van der Waals surface area contributed by atoms with E-state index in [1.165, 1.54) is 24.0 Å². The summed E-state index contributed by atoms with van der Waals surface area (Å²) < 4.78 is 47.5. The molecule has 1 N–H and O–H groups in total. The third kappa shape index (κ3) is 7.44. The first-order valence-corrected chi connectivity index (χ1v) is 14.7. The topological polar surface area (TPSA) is 96.0 Å². The molecule has 0 aromatic heterocycles. The highest BCUT2D eigenvalue weighted by atomic mass is 35.5. The summed E-state index contributed by atoms with van der Waals surface area (Å²) in [7, 11) is -4.34. The Bertz CT molecular complexity index is 1420. The van der Waals surface area contributed by atoms with Gasteiger partial charge in [0.05, 0.1) is 17.2 Å². The number of ether oxygens (including phenoxy) is 1. The zero-order valence-electron chi connectivity index (χ0n) is 22.2. The molecule has 12 heteroatoms. The van der Waals surface area contributed by atoms with Crippen LogP contribution in [0.3, 0.4) is 0 Å². The number of halogens is 3. The summed E-state index contributed by atoms with van der Waals surface area (Å²) in [5.41, 5.74) is 0.576. The van der Waals surface area contributed by atoms with Crippen molar-refractivity contribution in [2.24, 2.45) is 0 Å². The second-order valence-corrected chi connectivity index (χ2v) is 11.4. The van der Waals surface area contributed by atoms with Crippen LogP contribution in [0.2, 0.25) is 10.0 Å². The average Bonchev–Trinajstić information content (AvgIpc) is 2.92. The summed E-state index contributed by atoms with van der Waals surface area (Å²) in [4.78, 5) is 27.7. The van der Waals surface area contributed by atoms with E-state index >= 15 is 0 Å². The fourth-order valence-electron chi connectivity index (χ4n) is 3.90. The van der Waals surface area contributed by atoms with Gasteiger partial charge in [-0.1, -0.05) is 29.3 Å². The molecule has 0 aliphatic heterocycles. The summed E-state index contributed by atoms with van der Waals surface area (Å²) in [5.74, 6) is -1.22. The Balaban J connectivity index is 2.06. The van der Waals surface area contributed by atoms with Crippen LogP contribution in [0.4, 0.5) is 10.1 Å². The van der Waals surface area contributed by atoms with Gasteiger partial charge in [0.15, 0.2) is 0 Å². The molecule has 8 nitrogen and oxygen atoms in total. The van der Waals surface area contributed by atoms with E-state index in [1.807, 2.05) is 6.92 Å². The maximum atomic E-state index is 13.9. The first-order chi connectivity index (χ1) is 19.0. The van der Waals surface area contributed by atoms with Crippen LogP contribution in [0.5, 0.6) is 5.75 Å². The Morgan fingerprint density at radius 2 is 1.57 bits per heavy atom. The molecule has 0 saturated heterocycles. The Labute approximate surface area is 243 Å². The molecule has 0 unspecified atom stereocenters. The van der Waals surface area contributed by atoms with Gasteiger partial charge in [-0.25, -0.2) is 12.8 Å². The van der Waals surface area contributed by atoms with Crippen molar-refractivity contribution < 1.29 is 27.1 Å². The number of benzene rings is 3. The van der Waals surface area contributed by atoms with E-state index in [0.29, 0.717) is 24.5 Å². The number of rotatable bonds is 12. The lowest BCUT2D eigenvalue weighted by molar-refractivity contribution is -0.139. The van der Waals surface area contributed by atoms with Crippen molar-refractivity contribution in [2.75, 3.05) is 24.0 Å². The molecule has 1 atom stereocenters. The Kier molecular flexibility index (Phi) is 10.8. The van der Waals surface area contributed by atoms with E-state index < -0.39 is 40.2 Å². The van der Waals surface area contributed by atoms with Gasteiger partial charge < -0.3 is 15.0 Å². The van der Waals surface area contributed by atoms with Crippen LogP contribution in [0.1, 0.15) is 26.3 Å². The molecule has 0 fully saturated rings. The first-order valence-electron chi connectivity index (χ1n) is 12.5. The van der Waals surface area contributed by atoms with Crippen molar-refractivity contribution in [2.45, 2.75) is 38.3 Å². The van der Waals surface area contributed by atoms with Gasteiger partial charge in [0, 0.05) is 28.7 Å². The minimum absolute atomic E-state index is 0.149. The van der Waals surface area contributed by atoms with Gasteiger partial charge in [-0.3, -0.25) is 13.9 Å². The number of carbonyl (C=O) groups is 2. The van der Waals surface area contributed by atoms with Crippen molar-refractivity contribution in [3.63, 3.8) is 0 Å². The number of nitrogens with one attached hydrogen (secondary N) is 1. The van der Waals surface area contributed by atoms with Gasteiger partial charge in [0.25, 0.3) is 10.0 Å². The van der Waals surface area contributed by atoms with E-state index in [1.54, 1.807) is 37.3 Å². The van der Waals surface area contributed by atoms with Crippen LogP contribution >= 0.6 is 23.2 Å². The van der Waals surface area contributed by atoms with E-state index in [2.05, 4.69) is 5.32 Å². The van der Waals surface area contributed by atoms with Crippen molar-refractivity contribution in [3.05, 3.63) is 88.2 Å². The molecule has 0 bridgehead atoms. The van der Waals surface area contributed by atoms with E-state index in [4.69, 9.17) is 27.9 Å². The zero-order chi connectivity index (χ0) is 29.4. The molecule has 3 aromatic rings. The second kappa shape index (κ2) is 13.8. The molecule has 0 aliphatic rings. The number of carbonyl (C=O) groups excluding carboxylic acids is 2. The number of hydrogen-bond donors (Lipinski definition) is 1. The largest absolute Gasteiger partial charge is 0.494 e.